The van der Waals surface area contributed by atoms with Gasteiger partial charge in [-0.2, -0.15) is 0 Å². The number of H-pyrrole nitrogens is 1. The van der Waals surface area contributed by atoms with Crippen molar-refractivity contribution in [2.75, 3.05) is 0 Å². The average molecular weight is 282 g/mol. The summed E-state index contributed by atoms with van der Waals surface area (Å²) in [5.74, 6) is -1.97. The number of carbonyl (C=O) groups is 1. The molecule has 1 aliphatic carbocycles. The van der Waals surface area contributed by atoms with Gasteiger partial charge in [0.25, 0.3) is 0 Å². The Morgan fingerprint density at radius 1 is 1.42 bits per heavy atom. The molecule has 0 atom stereocenters. The van der Waals surface area contributed by atoms with E-state index in [-0.39, 0.29) is 21.9 Å². The first-order valence-corrected chi connectivity index (χ1v) is 6.15. The average Bonchev–Trinajstić information content (AvgIpc) is 3.15. The minimum atomic E-state index is -1.29. The van der Waals surface area contributed by atoms with Crippen molar-refractivity contribution in [1.29, 1.82) is 0 Å². The molecule has 0 amide bonds. The second-order valence-corrected chi connectivity index (χ2v) is 5.04. The van der Waals surface area contributed by atoms with Crippen molar-refractivity contribution in [3.63, 3.8) is 0 Å². The zero-order chi connectivity index (χ0) is 13.7. The molecule has 0 spiro atoms. The van der Waals surface area contributed by atoms with Crippen LogP contribution in [-0.4, -0.2) is 16.1 Å². The first-order chi connectivity index (χ1) is 8.99. The molecule has 0 bridgehead atoms. The summed E-state index contributed by atoms with van der Waals surface area (Å²) in [6.07, 6.45) is 1.69. The molecule has 19 heavy (non-hydrogen) atoms. The van der Waals surface area contributed by atoms with Gasteiger partial charge in [0, 0.05) is 17.0 Å². The molecule has 1 heterocycles. The molecular formula is C13H9ClFNO3. The van der Waals surface area contributed by atoms with Crippen LogP contribution >= 0.6 is 11.6 Å². The Kier molecular flexibility index (Phi) is 2.60. The number of carboxylic acids is 1. The highest BCUT2D eigenvalue weighted by molar-refractivity contribution is 6.31. The van der Waals surface area contributed by atoms with Crippen LogP contribution in [0.15, 0.2) is 16.9 Å². The number of aromatic amines is 1. The molecule has 0 aliphatic heterocycles. The van der Waals surface area contributed by atoms with Crippen LogP contribution in [0, 0.1) is 5.82 Å². The summed E-state index contributed by atoms with van der Waals surface area (Å²) in [7, 11) is 0. The second kappa shape index (κ2) is 4.06. The molecule has 3 rings (SSSR count). The molecule has 1 saturated carbocycles. The second-order valence-electron chi connectivity index (χ2n) is 4.63. The number of halogens is 2. The van der Waals surface area contributed by atoms with Crippen molar-refractivity contribution < 1.29 is 14.3 Å². The Labute approximate surface area is 111 Å². The molecule has 2 aromatic rings. The molecule has 1 fully saturated rings. The summed E-state index contributed by atoms with van der Waals surface area (Å²) < 4.78 is 13.4. The number of rotatable bonds is 2. The molecule has 0 radical (unpaired) electrons. The number of hydrogen-bond donors (Lipinski definition) is 2. The third-order valence-electron chi connectivity index (χ3n) is 3.27. The van der Waals surface area contributed by atoms with Gasteiger partial charge >= 0.3 is 5.97 Å². The van der Waals surface area contributed by atoms with E-state index in [0.717, 1.165) is 18.9 Å². The van der Waals surface area contributed by atoms with E-state index in [0.29, 0.717) is 11.2 Å². The zero-order valence-corrected chi connectivity index (χ0v) is 10.4. The molecule has 1 aromatic heterocycles. The maximum Gasteiger partial charge on any atom is 0.341 e. The van der Waals surface area contributed by atoms with Gasteiger partial charge in [0.05, 0.1) is 10.5 Å². The van der Waals surface area contributed by atoms with Gasteiger partial charge in [0.15, 0.2) is 0 Å². The van der Waals surface area contributed by atoms with Gasteiger partial charge in [0.1, 0.15) is 11.4 Å². The van der Waals surface area contributed by atoms with Crippen LogP contribution in [0.1, 0.15) is 34.8 Å². The van der Waals surface area contributed by atoms with Gasteiger partial charge in [-0.05, 0) is 25.0 Å². The smallest absolute Gasteiger partial charge is 0.341 e. The van der Waals surface area contributed by atoms with E-state index >= 15 is 0 Å². The van der Waals surface area contributed by atoms with Crippen LogP contribution in [0.5, 0.6) is 0 Å². The van der Waals surface area contributed by atoms with Crippen molar-refractivity contribution in [2.45, 2.75) is 18.8 Å². The van der Waals surface area contributed by atoms with Gasteiger partial charge in [-0.3, -0.25) is 4.79 Å². The molecule has 0 unspecified atom stereocenters. The third kappa shape index (κ3) is 1.90. The molecule has 0 saturated heterocycles. The quantitative estimate of drug-likeness (QED) is 0.889. The van der Waals surface area contributed by atoms with Gasteiger partial charge < -0.3 is 10.1 Å². The van der Waals surface area contributed by atoms with Crippen LogP contribution in [0.4, 0.5) is 4.39 Å². The highest BCUT2D eigenvalue weighted by Gasteiger charge is 2.31. The fraction of sp³-hybridized carbons (Fsp3) is 0.231. The maximum atomic E-state index is 13.4. The first-order valence-electron chi connectivity index (χ1n) is 5.77. The first kappa shape index (κ1) is 12.2. The van der Waals surface area contributed by atoms with E-state index in [4.69, 9.17) is 16.7 Å². The number of nitrogens with one attached hydrogen (secondary N) is 1. The van der Waals surface area contributed by atoms with Crippen LogP contribution in [0.2, 0.25) is 5.02 Å². The summed E-state index contributed by atoms with van der Waals surface area (Å²) >= 11 is 5.68. The predicted molar refractivity (Wildman–Crippen MR) is 68.5 cm³/mol. The largest absolute Gasteiger partial charge is 0.477 e. The van der Waals surface area contributed by atoms with E-state index in [1.807, 2.05) is 0 Å². The number of fused-ring (bicyclic) bond motifs is 1. The highest BCUT2D eigenvalue weighted by Crippen LogP contribution is 2.40. The third-order valence-corrected chi connectivity index (χ3v) is 3.56. The van der Waals surface area contributed by atoms with E-state index in [1.54, 1.807) is 0 Å². The van der Waals surface area contributed by atoms with Gasteiger partial charge in [-0.15, -0.1) is 0 Å². The fourth-order valence-electron chi connectivity index (χ4n) is 2.19. The van der Waals surface area contributed by atoms with E-state index in [2.05, 4.69) is 4.98 Å². The lowest BCUT2D eigenvalue weighted by Gasteiger charge is -2.08. The number of benzene rings is 1. The molecule has 2 N–H and O–H groups in total. The minimum absolute atomic E-state index is 0.00343. The normalized spacial score (nSPS) is 14.8. The topological polar surface area (TPSA) is 70.2 Å². The summed E-state index contributed by atoms with van der Waals surface area (Å²) in [5, 5.41) is 9.07. The number of aromatic carboxylic acids is 1. The monoisotopic (exact) mass is 281 g/mol. The van der Waals surface area contributed by atoms with Crippen molar-refractivity contribution in [3.05, 3.63) is 44.5 Å². The van der Waals surface area contributed by atoms with Gasteiger partial charge in [0.2, 0.25) is 5.43 Å². The highest BCUT2D eigenvalue weighted by atomic mass is 35.5. The number of carboxylic acid groups (broad SMARTS) is 1. The Morgan fingerprint density at radius 2 is 2.11 bits per heavy atom. The van der Waals surface area contributed by atoms with E-state index in [1.165, 1.54) is 6.07 Å². The molecule has 1 aliphatic rings. The molecular weight excluding hydrogens is 273 g/mol. The van der Waals surface area contributed by atoms with Crippen LogP contribution in [0.25, 0.3) is 10.9 Å². The molecule has 1 aromatic carbocycles. The Bertz CT molecular complexity index is 765. The SMILES string of the molecule is O=C(O)c1c(C2CC2)[nH]c2cc(Cl)c(F)cc2c1=O. The van der Waals surface area contributed by atoms with Crippen LogP contribution in [-0.2, 0) is 0 Å². The van der Waals surface area contributed by atoms with Crippen LogP contribution in [0.3, 0.4) is 0 Å². The summed E-state index contributed by atoms with van der Waals surface area (Å²) in [6.45, 7) is 0. The summed E-state index contributed by atoms with van der Waals surface area (Å²) in [6, 6.07) is 2.28. The molecule has 6 heteroatoms. The lowest BCUT2D eigenvalue weighted by atomic mass is 10.1. The van der Waals surface area contributed by atoms with E-state index < -0.39 is 17.2 Å². The van der Waals surface area contributed by atoms with Crippen molar-refractivity contribution >= 4 is 28.5 Å². The number of pyridine rings is 1. The van der Waals surface area contributed by atoms with Crippen molar-refractivity contribution in [3.8, 4) is 0 Å². The fourth-order valence-corrected chi connectivity index (χ4v) is 2.36. The van der Waals surface area contributed by atoms with E-state index in [9.17, 15) is 14.0 Å². The van der Waals surface area contributed by atoms with Crippen molar-refractivity contribution in [2.24, 2.45) is 0 Å². The van der Waals surface area contributed by atoms with Gasteiger partial charge in [-0.1, -0.05) is 11.6 Å². The van der Waals surface area contributed by atoms with Crippen molar-refractivity contribution in [1.82, 2.24) is 4.98 Å². The number of aromatic nitrogens is 1. The lowest BCUT2D eigenvalue weighted by molar-refractivity contribution is 0.0694. The Morgan fingerprint density at radius 3 is 2.68 bits per heavy atom. The predicted octanol–water partition coefficient (Wildman–Crippen LogP) is 2.90. The Hall–Kier alpha value is -1.88. The summed E-state index contributed by atoms with van der Waals surface area (Å²) in [5.41, 5.74) is -0.189. The Balaban J connectivity index is 2.42. The van der Waals surface area contributed by atoms with Crippen LogP contribution < -0.4 is 5.43 Å². The molecule has 98 valence electrons. The lowest BCUT2D eigenvalue weighted by Crippen LogP contribution is -2.19. The summed E-state index contributed by atoms with van der Waals surface area (Å²) in [4.78, 5) is 26.3. The standard InChI is InChI=1S/C13H9ClFNO3/c14-7-4-9-6(3-8(7)15)12(17)10(13(18)19)11(16-9)5-1-2-5/h3-5H,1-2H2,(H,16,17)(H,18,19). The molecule has 4 nitrogen and oxygen atoms in total. The zero-order valence-electron chi connectivity index (χ0n) is 9.67. The number of hydrogen-bond acceptors (Lipinski definition) is 2. The minimum Gasteiger partial charge on any atom is -0.477 e. The maximum absolute atomic E-state index is 13.4. The van der Waals surface area contributed by atoms with Gasteiger partial charge in [-0.25, -0.2) is 9.18 Å².